The van der Waals surface area contributed by atoms with Gasteiger partial charge in [-0.05, 0) is 37.1 Å². The highest BCUT2D eigenvalue weighted by atomic mass is 35.5. The molecule has 3 heterocycles. The van der Waals surface area contributed by atoms with Gasteiger partial charge in [-0.15, -0.1) is 0 Å². The van der Waals surface area contributed by atoms with Crippen molar-refractivity contribution >= 4 is 23.2 Å². The van der Waals surface area contributed by atoms with Crippen LogP contribution in [0, 0.1) is 0 Å². The van der Waals surface area contributed by atoms with Crippen LogP contribution in [-0.4, -0.2) is 37.9 Å². The number of hydrogen-bond donors (Lipinski definition) is 1. The second kappa shape index (κ2) is 8.39. The number of aromatic nitrogens is 4. The second-order valence-corrected chi connectivity index (χ2v) is 7.75. The van der Waals surface area contributed by atoms with Crippen molar-refractivity contribution in [1.29, 1.82) is 0 Å². The van der Waals surface area contributed by atoms with E-state index in [1.54, 1.807) is 24.7 Å². The maximum absolute atomic E-state index is 12.2. The van der Waals surface area contributed by atoms with Crippen molar-refractivity contribution in [3.8, 4) is 11.5 Å². The summed E-state index contributed by atoms with van der Waals surface area (Å²) in [5, 5.41) is 1.13. The van der Waals surface area contributed by atoms with Gasteiger partial charge in [-0.25, -0.2) is 9.97 Å². The fraction of sp³-hybridized carbons (Fsp3) is 0.300. The van der Waals surface area contributed by atoms with E-state index in [1.807, 2.05) is 18.2 Å². The number of rotatable bonds is 4. The van der Waals surface area contributed by atoms with E-state index < -0.39 is 0 Å². The third-order valence-corrected chi connectivity index (χ3v) is 5.62. The summed E-state index contributed by atoms with van der Waals surface area (Å²) < 4.78 is 0. The van der Waals surface area contributed by atoms with Crippen molar-refractivity contribution < 1.29 is 0 Å². The first-order valence-corrected chi connectivity index (χ1v) is 9.88. The number of aromatic amines is 1. The van der Waals surface area contributed by atoms with Gasteiger partial charge in [-0.3, -0.25) is 14.7 Å². The van der Waals surface area contributed by atoms with E-state index >= 15 is 0 Å². The predicted octanol–water partition coefficient (Wildman–Crippen LogP) is 3.91. The number of halogens is 2. The van der Waals surface area contributed by atoms with Gasteiger partial charge in [0, 0.05) is 37.5 Å². The van der Waals surface area contributed by atoms with E-state index in [-0.39, 0.29) is 11.5 Å². The molecule has 1 saturated heterocycles. The molecule has 0 saturated carbocycles. The van der Waals surface area contributed by atoms with Crippen molar-refractivity contribution in [3.05, 3.63) is 74.5 Å². The van der Waals surface area contributed by atoms with Crippen LogP contribution in [-0.2, 0) is 6.54 Å². The van der Waals surface area contributed by atoms with Crippen LogP contribution in [0.15, 0.2) is 47.7 Å². The third-order valence-electron chi connectivity index (χ3n) is 4.88. The fourth-order valence-corrected chi connectivity index (χ4v) is 3.89. The quantitative estimate of drug-likeness (QED) is 0.698. The van der Waals surface area contributed by atoms with Crippen LogP contribution >= 0.6 is 23.2 Å². The second-order valence-electron chi connectivity index (χ2n) is 6.93. The normalized spacial score (nSPS) is 17.6. The standard InChI is InChI=1S/C20H19Cl2N5O/c21-15-4-3-13(8-16(15)22)11-27-7-1-2-14(12-27)17-9-19(28)26-20(25-17)18-10-23-5-6-24-18/h3-6,8-10,14H,1-2,7,11-12H2,(H,25,26,28)/t14-/m1/s1. The molecule has 1 fully saturated rings. The van der Waals surface area contributed by atoms with E-state index in [0.29, 0.717) is 21.6 Å². The smallest absolute Gasteiger partial charge is 0.251 e. The molecule has 0 aliphatic carbocycles. The lowest BCUT2D eigenvalue weighted by atomic mass is 9.94. The van der Waals surface area contributed by atoms with Gasteiger partial charge in [0.1, 0.15) is 5.69 Å². The van der Waals surface area contributed by atoms with Crippen molar-refractivity contribution in [2.45, 2.75) is 25.3 Å². The monoisotopic (exact) mass is 415 g/mol. The van der Waals surface area contributed by atoms with Crippen LogP contribution in [0.5, 0.6) is 0 Å². The summed E-state index contributed by atoms with van der Waals surface area (Å²) in [6, 6.07) is 7.32. The average molecular weight is 416 g/mol. The van der Waals surface area contributed by atoms with Gasteiger partial charge in [0.25, 0.3) is 5.56 Å². The Labute approximate surface area is 172 Å². The van der Waals surface area contributed by atoms with E-state index in [2.05, 4.69) is 24.8 Å². The van der Waals surface area contributed by atoms with Gasteiger partial charge in [-0.1, -0.05) is 29.3 Å². The Hall–Kier alpha value is -2.28. The molecule has 0 bridgehead atoms. The molecule has 6 nitrogen and oxygen atoms in total. The first-order valence-electron chi connectivity index (χ1n) is 9.12. The number of H-pyrrole nitrogens is 1. The molecular weight excluding hydrogens is 397 g/mol. The molecule has 144 valence electrons. The number of hydrogen-bond acceptors (Lipinski definition) is 5. The van der Waals surface area contributed by atoms with Crippen LogP contribution in [0.2, 0.25) is 10.0 Å². The summed E-state index contributed by atoms with van der Waals surface area (Å²) in [6.45, 7) is 2.61. The molecule has 1 atom stereocenters. The number of nitrogens with one attached hydrogen (secondary N) is 1. The number of piperidine rings is 1. The Morgan fingerprint density at radius 1 is 1.18 bits per heavy atom. The predicted molar refractivity (Wildman–Crippen MR) is 110 cm³/mol. The maximum atomic E-state index is 12.2. The van der Waals surface area contributed by atoms with Crippen LogP contribution in [0.1, 0.15) is 30.0 Å². The summed E-state index contributed by atoms with van der Waals surface area (Å²) in [7, 11) is 0. The van der Waals surface area contributed by atoms with Gasteiger partial charge in [0.2, 0.25) is 0 Å². The minimum atomic E-state index is -0.174. The lowest BCUT2D eigenvalue weighted by molar-refractivity contribution is 0.198. The minimum absolute atomic E-state index is 0.174. The summed E-state index contributed by atoms with van der Waals surface area (Å²) in [4.78, 5) is 30.3. The first kappa shape index (κ1) is 19.1. The van der Waals surface area contributed by atoms with E-state index in [9.17, 15) is 4.79 Å². The minimum Gasteiger partial charge on any atom is -0.305 e. The van der Waals surface area contributed by atoms with Gasteiger partial charge < -0.3 is 4.98 Å². The van der Waals surface area contributed by atoms with Gasteiger partial charge in [0.15, 0.2) is 5.82 Å². The summed E-state index contributed by atoms with van der Waals surface area (Å²) in [5.41, 5.74) is 2.30. The molecule has 0 spiro atoms. The zero-order valence-corrected chi connectivity index (χ0v) is 16.6. The Kier molecular flexibility index (Phi) is 5.71. The lowest BCUT2D eigenvalue weighted by Crippen LogP contribution is -2.34. The number of benzene rings is 1. The molecule has 2 aromatic heterocycles. The zero-order valence-electron chi connectivity index (χ0n) is 15.1. The molecule has 0 radical (unpaired) electrons. The molecule has 1 N–H and O–H groups in total. The molecule has 8 heteroatoms. The highest BCUT2D eigenvalue weighted by molar-refractivity contribution is 6.42. The average Bonchev–Trinajstić information content (AvgIpc) is 2.71. The molecule has 0 amide bonds. The van der Waals surface area contributed by atoms with Gasteiger partial charge in [0.05, 0.1) is 21.9 Å². The molecule has 28 heavy (non-hydrogen) atoms. The molecule has 1 aliphatic rings. The molecular formula is C20H19Cl2N5O. The Morgan fingerprint density at radius 3 is 2.86 bits per heavy atom. The van der Waals surface area contributed by atoms with Gasteiger partial charge in [-0.2, -0.15) is 0 Å². The Bertz CT molecular complexity index is 1020. The van der Waals surface area contributed by atoms with Crippen molar-refractivity contribution in [3.63, 3.8) is 0 Å². The van der Waals surface area contributed by atoms with Crippen LogP contribution in [0.4, 0.5) is 0 Å². The van der Waals surface area contributed by atoms with E-state index in [4.69, 9.17) is 23.2 Å². The summed E-state index contributed by atoms with van der Waals surface area (Å²) in [5.74, 6) is 0.645. The van der Waals surface area contributed by atoms with Crippen LogP contribution in [0.3, 0.4) is 0 Å². The van der Waals surface area contributed by atoms with Crippen LogP contribution < -0.4 is 5.56 Å². The Morgan fingerprint density at radius 2 is 2.07 bits per heavy atom. The van der Waals surface area contributed by atoms with Crippen molar-refractivity contribution in [1.82, 2.24) is 24.8 Å². The largest absolute Gasteiger partial charge is 0.305 e. The molecule has 1 aliphatic heterocycles. The topological polar surface area (TPSA) is 74.8 Å². The van der Waals surface area contributed by atoms with Crippen molar-refractivity contribution in [2.24, 2.45) is 0 Å². The third kappa shape index (κ3) is 4.41. The first-order chi connectivity index (χ1) is 13.6. The maximum Gasteiger partial charge on any atom is 0.251 e. The summed E-state index contributed by atoms with van der Waals surface area (Å²) in [6.07, 6.45) is 6.81. The van der Waals surface area contributed by atoms with Crippen LogP contribution in [0.25, 0.3) is 11.5 Å². The molecule has 1 aromatic carbocycles. The SMILES string of the molecule is O=c1cc([C@@H]2CCCN(Cc3ccc(Cl)c(Cl)c3)C2)nc(-c2cnccn2)[nH]1. The molecule has 4 rings (SSSR count). The van der Waals surface area contributed by atoms with E-state index in [0.717, 1.165) is 43.7 Å². The zero-order chi connectivity index (χ0) is 19.5. The Balaban J connectivity index is 1.53. The fourth-order valence-electron chi connectivity index (χ4n) is 3.56. The highest BCUT2D eigenvalue weighted by Gasteiger charge is 2.23. The number of nitrogens with zero attached hydrogens (tertiary/aromatic N) is 4. The lowest BCUT2D eigenvalue weighted by Gasteiger charge is -2.32. The van der Waals surface area contributed by atoms with Crippen molar-refractivity contribution in [2.75, 3.05) is 13.1 Å². The molecule has 3 aromatic rings. The number of likely N-dealkylation sites (tertiary alicyclic amines) is 1. The highest BCUT2D eigenvalue weighted by Crippen LogP contribution is 2.28. The van der Waals surface area contributed by atoms with E-state index in [1.165, 1.54) is 0 Å². The molecule has 0 unspecified atom stereocenters. The summed E-state index contributed by atoms with van der Waals surface area (Å²) >= 11 is 12.2. The van der Waals surface area contributed by atoms with Gasteiger partial charge >= 0.3 is 0 Å².